The van der Waals surface area contributed by atoms with Gasteiger partial charge in [-0.2, -0.15) is 0 Å². The monoisotopic (exact) mass is 1230 g/mol. The lowest BCUT2D eigenvalue weighted by molar-refractivity contribution is 0.363. The molecule has 0 radical (unpaired) electrons. The lowest BCUT2D eigenvalue weighted by Gasteiger charge is -2.31. The molecule has 92 heavy (non-hydrogen) atoms. The van der Waals surface area contributed by atoms with Gasteiger partial charge in [-0.3, -0.25) is 17.9 Å². The van der Waals surface area contributed by atoms with E-state index in [0.29, 0.717) is 68.9 Å². The van der Waals surface area contributed by atoms with Crippen molar-refractivity contribution in [2.45, 2.75) is 55.4 Å². The molecule has 0 aliphatic carbocycles. The number of benzene rings is 8. The lowest BCUT2D eigenvalue weighted by atomic mass is 10.1. The standard InChI is InChI=1S/C76H82N12O4/c1-13-85(9,14-2)49-25-21-29-53(41-49)89-57-33-37-61-65(45-57)73-77-69(61)82-74-67-47-59(91-55-31-23-27-51(43-55)87(11,17-5)18-6)35-39-63(67)71(79-74)84-76-68-48-60(92-56-32-24-28-52(44-56)88(12,19-7)20-8)36-40-64(68)72(80-76)83-75-66-46-58(34-38-62(66)70(78-75)81-73)90-54-30-22-26-50(42-54)86(10,15-3)16-4/h21-48H,13-20H2,1-12H3,(H2,77,78,79,80,81,82,83,84)/q+4. The van der Waals surface area contributed by atoms with Gasteiger partial charge >= 0.3 is 0 Å². The third-order valence-corrected chi connectivity index (χ3v) is 20.0. The number of hydrogen-bond donors (Lipinski definition) is 2. The first-order valence-electron chi connectivity index (χ1n) is 32.4. The van der Waals surface area contributed by atoms with Crippen LogP contribution >= 0.6 is 0 Å². The van der Waals surface area contributed by atoms with Crippen LogP contribution in [0.15, 0.2) is 170 Å². The molecule has 0 saturated carbocycles. The number of aromatic nitrogens is 8. The minimum absolute atomic E-state index is 0.436. The van der Waals surface area contributed by atoms with Crippen molar-refractivity contribution in [1.29, 1.82) is 0 Å². The van der Waals surface area contributed by atoms with Gasteiger partial charge in [0.15, 0.2) is 23.3 Å². The predicted molar refractivity (Wildman–Crippen MR) is 377 cm³/mol. The molecule has 16 heteroatoms. The Morgan fingerprint density at radius 3 is 0.804 bits per heavy atom. The SMILES string of the molecule is CC[N+](C)(CC)c1cccc(Oc2ccc3c(c2)-c2nc-3nc3[nH]c(nc4nc(nc5[nH]c(n2)c2ccc(Oc6cccc([N+](C)(CC)CC)c6)cc52)-c2ccc(Oc5cccc([N+](C)(CC)CC)c5)cc2-4)c2ccc(Oc4cccc([N+](C)(CC)CC)c4)cc32)c1. The molecule has 8 bridgehead atoms. The van der Waals surface area contributed by atoms with E-state index in [-0.39, 0.29) is 0 Å². The van der Waals surface area contributed by atoms with E-state index in [9.17, 15) is 0 Å². The Hall–Kier alpha value is -9.84. The summed E-state index contributed by atoms with van der Waals surface area (Å²) in [6, 6.07) is 57.4. The maximum atomic E-state index is 6.75. The van der Waals surface area contributed by atoms with Gasteiger partial charge in [0, 0.05) is 68.1 Å². The molecule has 2 N–H and O–H groups in total. The maximum absolute atomic E-state index is 6.75. The molecule has 3 aromatic heterocycles. The number of nitrogens with one attached hydrogen (secondary N) is 2. The van der Waals surface area contributed by atoms with Gasteiger partial charge in [0.25, 0.3) is 0 Å². The first-order valence-corrected chi connectivity index (χ1v) is 32.4. The van der Waals surface area contributed by atoms with Crippen molar-refractivity contribution in [1.82, 2.24) is 57.8 Å². The van der Waals surface area contributed by atoms with Crippen molar-refractivity contribution >= 4 is 66.9 Å². The Morgan fingerprint density at radius 1 is 0.261 bits per heavy atom. The topological polar surface area (TPSA) is 146 Å². The van der Waals surface area contributed by atoms with Gasteiger partial charge in [0.2, 0.25) is 0 Å². The van der Waals surface area contributed by atoms with Gasteiger partial charge in [-0.1, -0.05) is 24.3 Å². The zero-order valence-electron chi connectivity index (χ0n) is 54.9. The van der Waals surface area contributed by atoms with Crippen LogP contribution in [0.25, 0.3) is 89.7 Å². The van der Waals surface area contributed by atoms with Gasteiger partial charge < -0.3 is 28.9 Å². The van der Waals surface area contributed by atoms with E-state index in [0.717, 1.165) is 137 Å². The molecule has 13 rings (SSSR count). The summed E-state index contributed by atoms with van der Waals surface area (Å²) < 4.78 is 30.1. The first kappa shape index (κ1) is 61.0. The van der Waals surface area contributed by atoms with Gasteiger partial charge in [0.05, 0.1) is 80.5 Å². The summed E-state index contributed by atoms with van der Waals surface area (Å²) >= 11 is 0. The van der Waals surface area contributed by atoms with E-state index in [2.05, 4.69) is 166 Å². The fraction of sp³-hybridized carbons (Fsp3) is 0.263. The number of hydrogen-bond acceptors (Lipinski definition) is 10. The summed E-state index contributed by atoms with van der Waals surface area (Å²) in [4.78, 5) is 39.7. The Bertz CT molecular complexity index is 4510. The number of ether oxygens (including phenoxy) is 4. The van der Waals surface area contributed by atoms with E-state index in [1.54, 1.807) is 0 Å². The molecule has 0 amide bonds. The molecular weight excluding hydrogens is 1140 g/mol. The second-order valence-corrected chi connectivity index (χ2v) is 25.0. The van der Waals surface area contributed by atoms with Crippen LogP contribution in [-0.4, -0.2) is 120 Å². The van der Waals surface area contributed by atoms with Crippen LogP contribution in [0.4, 0.5) is 22.7 Å². The molecule has 0 spiro atoms. The van der Waals surface area contributed by atoms with Crippen molar-refractivity contribution in [3.8, 4) is 91.5 Å². The molecule has 0 fully saturated rings. The number of aromatic amines is 2. The minimum Gasteiger partial charge on any atom is -0.457 e. The summed E-state index contributed by atoms with van der Waals surface area (Å²) in [5.74, 6) is 7.23. The van der Waals surface area contributed by atoms with Gasteiger partial charge in [-0.25, -0.2) is 29.9 Å². The minimum atomic E-state index is 0.436. The molecule has 0 atom stereocenters. The number of nitrogens with zero attached hydrogens (tertiary/aromatic N) is 10. The van der Waals surface area contributed by atoms with Crippen LogP contribution in [-0.2, 0) is 0 Å². The van der Waals surface area contributed by atoms with Crippen molar-refractivity contribution in [2.24, 2.45) is 0 Å². The zero-order chi connectivity index (χ0) is 64.1. The Labute approximate surface area is 538 Å². The summed E-state index contributed by atoms with van der Waals surface area (Å²) in [5, 5.41) is 3.14. The van der Waals surface area contributed by atoms with Crippen molar-refractivity contribution in [3.63, 3.8) is 0 Å². The summed E-state index contributed by atoms with van der Waals surface area (Å²) in [5.41, 5.74) is 9.83. The normalized spacial score (nSPS) is 12.5. The maximum Gasteiger partial charge on any atom is 0.164 e. The Balaban J connectivity index is 1.03. The van der Waals surface area contributed by atoms with Crippen LogP contribution in [0, 0.1) is 0 Å². The molecule has 2 aliphatic heterocycles. The highest BCUT2D eigenvalue weighted by Gasteiger charge is 2.28. The summed E-state index contributed by atoms with van der Waals surface area (Å²) in [6.45, 7) is 25.3. The van der Waals surface area contributed by atoms with Crippen molar-refractivity contribution in [2.75, 3.05) is 80.5 Å². The molecule has 11 aromatic rings. The van der Waals surface area contributed by atoms with E-state index < -0.39 is 0 Å². The molecule has 466 valence electrons. The molecule has 0 saturated heterocycles. The first-order chi connectivity index (χ1) is 44.5. The predicted octanol–water partition coefficient (Wildman–Crippen LogP) is 17.9. The van der Waals surface area contributed by atoms with Crippen molar-refractivity contribution in [3.05, 3.63) is 170 Å². The van der Waals surface area contributed by atoms with Gasteiger partial charge in [-0.15, -0.1) is 0 Å². The third kappa shape index (κ3) is 11.4. The van der Waals surface area contributed by atoms with Crippen LogP contribution in [0.2, 0.25) is 0 Å². The lowest BCUT2D eigenvalue weighted by Crippen LogP contribution is -2.44. The van der Waals surface area contributed by atoms with Crippen LogP contribution in [0.1, 0.15) is 55.4 Å². The average Bonchev–Trinajstić information content (AvgIpc) is 1.60. The van der Waals surface area contributed by atoms with Crippen LogP contribution < -0.4 is 36.9 Å². The molecule has 8 aromatic carbocycles. The van der Waals surface area contributed by atoms with Crippen molar-refractivity contribution < 1.29 is 18.9 Å². The smallest absolute Gasteiger partial charge is 0.164 e. The number of quaternary nitrogens is 4. The molecule has 2 aliphatic rings. The molecule has 0 unspecified atom stereocenters. The molecule has 16 nitrogen and oxygen atoms in total. The quantitative estimate of drug-likeness (QED) is 0.0707. The molecule has 5 heterocycles. The van der Waals surface area contributed by atoms with Gasteiger partial charge in [0.1, 0.15) is 91.3 Å². The fourth-order valence-electron chi connectivity index (χ4n) is 12.4. The summed E-state index contributed by atoms with van der Waals surface area (Å²) in [6.07, 6.45) is 0. The highest BCUT2D eigenvalue weighted by Crippen LogP contribution is 2.43. The number of fused-ring (bicyclic) bond motifs is 20. The zero-order valence-corrected chi connectivity index (χ0v) is 54.9. The Morgan fingerprint density at radius 2 is 0.511 bits per heavy atom. The summed E-state index contributed by atoms with van der Waals surface area (Å²) in [7, 11) is 8.99. The van der Waals surface area contributed by atoms with Gasteiger partial charge in [-0.05, 0) is 177 Å². The van der Waals surface area contributed by atoms with E-state index in [1.807, 2.05) is 97.1 Å². The third-order valence-electron chi connectivity index (χ3n) is 20.0. The fourth-order valence-corrected chi connectivity index (χ4v) is 12.4. The second-order valence-electron chi connectivity index (χ2n) is 25.0. The highest BCUT2D eigenvalue weighted by atomic mass is 16.5. The van der Waals surface area contributed by atoms with Crippen LogP contribution in [0.3, 0.4) is 0 Å². The van der Waals surface area contributed by atoms with E-state index >= 15 is 0 Å². The second kappa shape index (κ2) is 24.4. The number of rotatable bonds is 20. The average molecular weight is 1230 g/mol. The molecular formula is C76H82N12O4+4. The van der Waals surface area contributed by atoms with E-state index in [1.165, 1.54) is 22.7 Å². The van der Waals surface area contributed by atoms with Crippen LogP contribution in [0.5, 0.6) is 46.0 Å². The number of H-pyrrole nitrogens is 2. The van der Waals surface area contributed by atoms with E-state index in [4.69, 9.17) is 48.9 Å². The highest BCUT2D eigenvalue weighted by molar-refractivity contribution is 6.07. The largest absolute Gasteiger partial charge is 0.457 e. The Kier molecular flexibility index (Phi) is 16.2.